The minimum absolute atomic E-state index is 0.000746. The molecule has 1 aliphatic heterocycles. The lowest BCUT2D eigenvalue weighted by atomic mass is 10.1. The molecule has 26 heavy (non-hydrogen) atoms. The number of likely N-dealkylation sites (N-methyl/N-ethyl adjacent to an activating group) is 1. The smallest absolute Gasteiger partial charge is 0.268 e. The fourth-order valence-electron chi connectivity index (χ4n) is 3.62. The highest BCUT2D eigenvalue weighted by Crippen LogP contribution is 2.35. The summed E-state index contributed by atoms with van der Waals surface area (Å²) in [6, 6.07) is 9.70. The summed E-state index contributed by atoms with van der Waals surface area (Å²) < 4.78 is 3.73. The lowest BCUT2D eigenvalue weighted by Crippen LogP contribution is -2.27. The Morgan fingerprint density at radius 1 is 1.19 bits per heavy atom. The number of thiophene rings is 1. The van der Waals surface area contributed by atoms with Crippen molar-refractivity contribution in [2.75, 3.05) is 19.8 Å². The molecule has 0 radical (unpaired) electrons. The molecule has 3 aromatic heterocycles. The fourth-order valence-corrected chi connectivity index (χ4v) is 5.58. The molecule has 5 rings (SSSR count). The maximum absolute atomic E-state index is 13.5. The summed E-state index contributed by atoms with van der Waals surface area (Å²) in [5.74, 6) is 0.574. The number of benzene rings is 1. The second-order valence-electron chi connectivity index (χ2n) is 6.47. The van der Waals surface area contributed by atoms with Gasteiger partial charge in [-0.15, -0.1) is 21.5 Å². The number of fused-ring (bicyclic) bond motifs is 5. The van der Waals surface area contributed by atoms with Crippen molar-refractivity contribution in [3.8, 4) is 5.69 Å². The van der Waals surface area contributed by atoms with Crippen LogP contribution in [-0.2, 0) is 13.0 Å². The van der Waals surface area contributed by atoms with Crippen molar-refractivity contribution in [1.82, 2.24) is 24.1 Å². The first kappa shape index (κ1) is 16.0. The van der Waals surface area contributed by atoms with E-state index in [2.05, 4.69) is 22.1 Å². The van der Waals surface area contributed by atoms with Crippen molar-refractivity contribution in [1.29, 1.82) is 0 Å². The van der Waals surface area contributed by atoms with Crippen LogP contribution in [0.4, 0.5) is 0 Å². The van der Waals surface area contributed by atoms with E-state index in [0.717, 1.165) is 40.6 Å². The van der Waals surface area contributed by atoms with Crippen LogP contribution in [0, 0.1) is 0 Å². The van der Waals surface area contributed by atoms with Gasteiger partial charge in [0.1, 0.15) is 4.83 Å². The van der Waals surface area contributed by atoms with Crippen molar-refractivity contribution in [2.45, 2.75) is 18.1 Å². The maximum atomic E-state index is 13.5. The summed E-state index contributed by atoms with van der Waals surface area (Å²) in [5, 5.41) is 10.3. The first-order valence-corrected chi connectivity index (χ1v) is 10.5. The Kier molecular flexibility index (Phi) is 3.66. The van der Waals surface area contributed by atoms with Crippen LogP contribution >= 0.6 is 23.1 Å². The number of nitrogens with zero attached hydrogens (tertiary/aromatic N) is 5. The molecule has 1 aliphatic rings. The summed E-state index contributed by atoms with van der Waals surface area (Å²) >= 11 is 3.25. The Bertz CT molecular complexity index is 1190. The summed E-state index contributed by atoms with van der Waals surface area (Å²) in [6.07, 6.45) is 2.89. The van der Waals surface area contributed by atoms with Crippen molar-refractivity contribution in [2.24, 2.45) is 0 Å². The monoisotopic (exact) mass is 383 g/mol. The van der Waals surface area contributed by atoms with Gasteiger partial charge in [-0.05, 0) is 37.4 Å². The number of hydrogen-bond donors (Lipinski definition) is 0. The predicted octanol–water partition coefficient (Wildman–Crippen LogP) is 2.80. The minimum Gasteiger partial charge on any atom is -0.301 e. The Morgan fingerprint density at radius 2 is 2.00 bits per heavy atom. The van der Waals surface area contributed by atoms with Gasteiger partial charge < -0.3 is 4.90 Å². The lowest BCUT2D eigenvalue weighted by Gasteiger charge is -2.21. The molecule has 4 aromatic rings. The summed E-state index contributed by atoms with van der Waals surface area (Å²) in [5.41, 5.74) is 2.01. The van der Waals surface area contributed by atoms with E-state index in [4.69, 9.17) is 0 Å². The molecule has 4 heterocycles. The van der Waals surface area contributed by atoms with Crippen LogP contribution in [0.2, 0.25) is 0 Å². The van der Waals surface area contributed by atoms with Crippen LogP contribution in [-0.4, -0.2) is 43.9 Å². The Labute approximate surface area is 158 Å². The SMILES string of the molecule is CSc1nnc2n(-c3ccccc3)c(=O)c3c4c(sc3n12)CN(C)CC4. The molecule has 0 spiro atoms. The van der Waals surface area contributed by atoms with Gasteiger partial charge in [0.15, 0.2) is 5.16 Å². The molecule has 6 nitrogen and oxygen atoms in total. The molecule has 0 N–H and O–H groups in total. The van der Waals surface area contributed by atoms with E-state index in [-0.39, 0.29) is 5.56 Å². The van der Waals surface area contributed by atoms with Gasteiger partial charge in [-0.3, -0.25) is 4.79 Å². The van der Waals surface area contributed by atoms with Crippen molar-refractivity contribution >= 4 is 39.1 Å². The van der Waals surface area contributed by atoms with E-state index in [1.165, 1.54) is 10.4 Å². The number of para-hydroxylation sites is 1. The first-order chi connectivity index (χ1) is 12.7. The molecule has 0 bridgehead atoms. The van der Waals surface area contributed by atoms with Gasteiger partial charge in [0.05, 0.1) is 11.1 Å². The molecule has 0 fully saturated rings. The van der Waals surface area contributed by atoms with Crippen LogP contribution < -0.4 is 5.56 Å². The maximum Gasteiger partial charge on any atom is 0.268 e. The first-order valence-electron chi connectivity index (χ1n) is 8.41. The molecule has 8 heteroatoms. The molecule has 0 saturated carbocycles. The molecule has 0 saturated heterocycles. The number of aromatic nitrogens is 4. The summed E-state index contributed by atoms with van der Waals surface area (Å²) in [4.78, 5) is 18.1. The van der Waals surface area contributed by atoms with Crippen molar-refractivity contribution < 1.29 is 0 Å². The number of rotatable bonds is 2. The van der Waals surface area contributed by atoms with Gasteiger partial charge in [0, 0.05) is 18.0 Å². The third-order valence-corrected chi connectivity index (χ3v) is 6.69. The minimum atomic E-state index is 0.000746. The molecule has 0 amide bonds. The third kappa shape index (κ3) is 2.19. The summed E-state index contributed by atoms with van der Waals surface area (Å²) in [7, 11) is 2.12. The molecule has 0 atom stereocenters. The van der Waals surface area contributed by atoms with Gasteiger partial charge in [0.25, 0.3) is 5.56 Å². The normalized spacial score (nSPS) is 15.0. The van der Waals surface area contributed by atoms with Gasteiger partial charge in [-0.2, -0.15) is 0 Å². The highest BCUT2D eigenvalue weighted by Gasteiger charge is 2.26. The van der Waals surface area contributed by atoms with Gasteiger partial charge in [-0.25, -0.2) is 8.97 Å². The Balaban J connectivity index is 1.98. The molecular weight excluding hydrogens is 366 g/mol. The van der Waals surface area contributed by atoms with E-state index < -0.39 is 0 Å². The van der Waals surface area contributed by atoms with Crippen LogP contribution in [0.25, 0.3) is 21.7 Å². The average Bonchev–Trinajstić information content (AvgIpc) is 3.23. The molecule has 0 unspecified atom stereocenters. The zero-order valence-electron chi connectivity index (χ0n) is 14.5. The van der Waals surface area contributed by atoms with Gasteiger partial charge >= 0.3 is 0 Å². The highest BCUT2D eigenvalue weighted by atomic mass is 32.2. The van der Waals surface area contributed by atoms with Crippen LogP contribution in [0.15, 0.2) is 40.3 Å². The lowest BCUT2D eigenvalue weighted by molar-refractivity contribution is 0.318. The topological polar surface area (TPSA) is 55.4 Å². The van der Waals surface area contributed by atoms with E-state index in [1.807, 2.05) is 41.0 Å². The largest absolute Gasteiger partial charge is 0.301 e. The average molecular weight is 384 g/mol. The van der Waals surface area contributed by atoms with E-state index >= 15 is 0 Å². The van der Waals surface area contributed by atoms with E-state index in [9.17, 15) is 4.79 Å². The second kappa shape index (κ2) is 5.94. The van der Waals surface area contributed by atoms with Crippen molar-refractivity contribution in [3.63, 3.8) is 0 Å². The predicted molar refractivity (Wildman–Crippen MR) is 106 cm³/mol. The third-order valence-electron chi connectivity index (χ3n) is 4.86. The van der Waals surface area contributed by atoms with E-state index in [1.54, 1.807) is 27.7 Å². The molecule has 0 aliphatic carbocycles. The Hall–Kier alpha value is -2.16. The quantitative estimate of drug-likeness (QED) is 0.498. The fraction of sp³-hybridized carbons (Fsp3) is 0.278. The zero-order valence-corrected chi connectivity index (χ0v) is 16.1. The highest BCUT2D eigenvalue weighted by molar-refractivity contribution is 7.98. The van der Waals surface area contributed by atoms with Crippen LogP contribution in [0.3, 0.4) is 0 Å². The number of hydrogen-bond acceptors (Lipinski definition) is 6. The van der Waals surface area contributed by atoms with Gasteiger partial charge in [0.2, 0.25) is 5.78 Å². The van der Waals surface area contributed by atoms with Crippen molar-refractivity contribution in [3.05, 3.63) is 51.1 Å². The van der Waals surface area contributed by atoms with Crippen LogP contribution in [0.5, 0.6) is 0 Å². The second-order valence-corrected chi connectivity index (χ2v) is 8.33. The van der Waals surface area contributed by atoms with E-state index in [0.29, 0.717) is 5.78 Å². The molecular formula is C18H17N5OS2. The van der Waals surface area contributed by atoms with Gasteiger partial charge in [-0.1, -0.05) is 30.0 Å². The van der Waals surface area contributed by atoms with Crippen LogP contribution in [0.1, 0.15) is 10.4 Å². The standard InChI is InChI=1S/C18H17N5OS2/c1-21-9-8-12-13(10-21)26-16-14(12)15(24)22(11-6-4-3-5-7-11)17-19-20-18(25-2)23(16)17/h3-7H,8-10H2,1-2H3. The number of thioether (sulfide) groups is 1. The summed E-state index contributed by atoms with van der Waals surface area (Å²) in [6.45, 7) is 1.86. The Morgan fingerprint density at radius 3 is 2.77 bits per heavy atom. The molecule has 1 aromatic carbocycles. The zero-order chi connectivity index (χ0) is 17.8. The molecule has 132 valence electrons.